The molecule has 1 N–H and O–H groups in total. The van der Waals surface area contributed by atoms with E-state index in [9.17, 15) is 0 Å². The minimum atomic E-state index is 0.483. The largest absolute Gasteiger partial charge is 0.382 e. The number of para-hydroxylation sites is 1. The van der Waals surface area contributed by atoms with Gasteiger partial charge in [0.2, 0.25) is 0 Å². The fourth-order valence-electron chi connectivity index (χ4n) is 2.01. The van der Waals surface area contributed by atoms with Crippen LogP contribution in [-0.2, 0) is 4.74 Å². The monoisotopic (exact) mass is 205 g/mol. The van der Waals surface area contributed by atoms with Gasteiger partial charge in [0, 0.05) is 18.3 Å². The van der Waals surface area contributed by atoms with Crippen LogP contribution >= 0.6 is 0 Å². The van der Waals surface area contributed by atoms with Crippen LogP contribution in [0.2, 0.25) is 0 Å². The average Bonchev–Trinajstić information content (AvgIpc) is 2.18. The molecule has 2 heteroatoms. The Labute approximate surface area is 91.6 Å². The van der Waals surface area contributed by atoms with Crippen LogP contribution in [0.3, 0.4) is 0 Å². The summed E-state index contributed by atoms with van der Waals surface area (Å²) in [6.45, 7) is 5.03. The van der Waals surface area contributed by atoms with E-state index >= 15 is 0 Å². The van der Waals surface area contributed by atoms with Gasteiger partial charge in [0.15, 0.2) is 0 Å². The van der Waals surface area contributed by atoms with Crippen molar-refractivity contribution in [2.75, 3.05) is 11.9 Å². The third kappa shape index (κ3) is 2.51. The molecular weight excluding hydrogens is 186 g/mol. The molecule has 1 aliphatic rings. The molecule has 0 radical (unpaired) electrons. The van der Waals surface area contributed by atoms with Gasteiger partial charge in [-0.2, -0.15) is 0 Å². The first kappa shape index (κ1) is 10.5. The molecule has 0 amide bonds. The standard InChI is InChI=1S/C13H19NO/c1-3-15-12-8-11(9-12)14-13-7-5-4-6-10(13)2/h4-7,11-12,14H,3,8-9H2,1-2H3. The predicted molar refractivity (Wildman–Crippen MR) is 63.2 cm³/mol. The highest BCUT2D eigenvalue weighted by Crippen LogP contribution is 2.27. The summed E-state index contributed by atoms with van der Waals surface area (Å²) in [4.78, 5) is 0. The molecule has 1 saturated carbocycles. The van der Waals surface area contributed by atoms with E-state index in [0.29, 0.717) is 12.1 Å². The number of hydrogen-bond donors (Lipinski definition) is 1. The highest BCUT2D eigenvalue weighted by molar-refractivity contribution is 5.51. The van der Waals surface area contributed by atoms with E-state index in [1.807, 2.05) is 0 Å². The molecule has 1 aromatic rings. The summed E-state index contributed by atoms with van der Waals surface area (Å²) in [5, 5.41) is 3.56. The van der Waals surface area contributed by atoms with Gasteiger partial charge in [0.1, 0.15) is 0 Å². The van der Waals surface area contributed by atoms with E-state index in [1.165, 1.54) is 11.3 Å². The van der Waals surface area contributed by atoms with Crippen LogP contribution in [0.15, 0.2) is 24.3 Å². The highest BCUT2D eigenvalue weighted by atomic mass is 16.5. The Morgan fingerprint density at radius 3 is 2.73 bits per heavy atom. The van der Waals surface area contributed by atoms with Crippen LogP contribution in [0.25, 0.3) is 0 Å². The summed E-state index contributed by atoms with van der Waals surface area (Å²) in [6.07, 6.45) is 2.76. The third-order valence-corrected chi connectivity index (χ3v) is 3.00. The molecule has 0 aliphatic heterocycles. The fourth-order valence-corrected chi connectivity index (χ4v) is 2.01. The molecule has 1 aliphatic carbocycles. The fraction of sp³-hybridized carbons (Fsp3) is 0.538. The van der Waals surface area contributed by atoms with E-state index in [0.717, 1.165) is 19.4 Å². The molecule has 0 unspecified atom stereocenters. The van der Waals surface area contributed by atoms with Crippen LogP contribution in [0.1, 0.15) is 25.3 Å². The van der Waals surface area contributed by atoms with Gasteiger partial charge in [-0.3, -0.25) is 0 Å². The van der Waals surface area contributed by atoms with Crippen LogP contribution < -0.4 is 5.32 Å². The van der Waals surface area contributed by atoms with Crippen molar-refractivity contribution in [2.45, 2.75) is 38.8 Å². The van der Waals surface area contributed by atoms with E-state index < -0.39 is 0 Å². The Hall–Kier alpha value is -1.02. The summed E-state index contributed by atoms with van der Waals surface area (Å²) >= 11 is 0. The normalized spacial score (nSPS) is 24.7. The molecule has 2 rings (SSSR count). The summed E-state index contributed by atoms with van der Waals surface area (Å²) in [5.74, 6) is 0. The maximum absolute atomic E-state index is 5.54. The highest BCUT2D eigenvalue weighted by Gasteiger charge is 2.29. The summed E-state index contributed by atoms with van der Waals surface area (Å²) < 4.78 is 5.54. The van der Waals surface area contributed by atoms with Crippen molar-refractivity contribution in [2.24, 2.45) is 0 Å². The Kier molecular flexibility index (Phi) is 3.27. The zero-order valence-electron chi connectivity index (χ0n) is 9.49. The lowest BCUT2D eigenvalue weighted by Gasteiger charge is -2.36. The van der Waals surface area contributed by atoms with Crippen molar-refractivity contribution in [3.63, 3.8) is 0 Å². The van der Waals surface area contributed by atoms with E-state index in [1.54, 1.807) is 0 Å². The summed E-state index contributed by atoms with van der Waals surface area (Å²) in [7, 11) is 0. The summed E-state index contributed by atoms with van der Waals surface area (Å²) in [5.41, 5.74) is 2.58. The lowest BCUT2D eigenvalue weighted by molar-refractivity contribution is 0.00298. The topological polar surface area (TPSA) is 21.3 Å². The molecule has 82 valence electrons. The first-order chi connectivity index (χ1) is 7.29. The van der Waals surface area contributed by atoms with Crippen molar-refractivity contribution in [3.8, 4) is 0 Å². The predicted octanol–water partition coefficient (Wildman–Crippen LogP) is 2.97. The number of ether oxygens (including phenoxy) is 1. The maximum Gasteiger partial charge on any atom is 0.0614 e. The third-order valence-electron chi connectivity index (χ3n) is 3.00. The van der Waals surface area contributed by atoms with Crippen molar-refractivity contribution in [3.05, 3.63) is 29.8 Å². The van der Waals surface area contributed by atoms with Gasteiger partial charge in [-0.15, -0.1) is 0 Å². The Bertz CT molecular complexity index is 318. The van der Waals surface area contributed by atoms with E-state index in [2.05, 4.69) is 43.4 Å². The molecule has 0 atom stereocenters. The zero-order chi connectivity index (χ0) is 10.7. The SMILES string of the molecule is CCOC1CC(Nc2ccccc2C)C1. The molecular formula is C13H19NO. The number of anilines is 1. The molecule has 0 heterocycles. The second-order valence-electron chi connectivity index (χ2n) is 4.20. The van der Waals surface area contributed by atoms with Gasteiger partial charge < -0.3 is 10.1 Å². The quantitative estimate of drug-likeness (QED) is 0.816. The van der Waals surface area contributed by atoms with Crippen molar-refractivity contribution >= 4 is 5.69 Å². The van der Waals surface area contributed by atoms with Gasteiger partial charge in [0.25, 0.3) is 0 Å². The Balaban J connectivity index is 1.82. The van der Waals surface area contributed by atoms with Crippen LogP contribution in [0.5, 0.6) is 0 Å². The molecule has 0 bridgehead atoms. The molecule has 0 spiro atoms. The maximum atomic E-state index is 5.54. The second kappa shape index (κ2) is 4.67. The lowest BCUT2D eigenvalue weighted by Crippen LogP contribution is -2.40. The number of rotatable bonds is 4. The van der Waals surface area contributed by atoms with Gasteiger partial charge in [0.05, 0.1) is 6.10 Å². The van der Waals surface area contributed by atoms with Gasteiger partial charge in [-0.1, -0.05) is 18.2 Å². The number of benzene rings is 1. The van der Waals surface area contributed by atoms with Crippen molar-refractivity contribution in [1.82, 2.24) is 0 Å². The van der Waals surface area contributed by atoms with Crippen molar-refractivity contribution < 1.29 is 4.74 Å². The number of hydrogen-bond acceptors (Lipinski definition) is 2. The lowest BCUT2D eigenvalue weighted by atomic mass is 9.89. The average molecular weight is 205 g/mol. The first-order valence-corrected chi connectivity index (χ1v) is 5.73. The molecule has 0 saturated heterocycles. The van der Waals surface area contributed by atoms with Crippen LogP contribution in [0, 0.1) is 6.92 Å². The zero-order valence-corrected chi connectivity index (χ0v) is 9.49. The smallest absolute Gasteiger partial charge is 0.0614 e. The molecule has 2 nitrogen and oxygen atoms in total. The van der Waals surface area contributed by atoms with Gasteiger partial charge >= 0.3 is 0 Å². The van der Waals surface area contributed by atoms with Gasteiger partial charge in [-0.05, 0) is 38.3 Å². The molecule has 15 heavy (non-hydrogen) atoms. The minimum Gasteiger partial charge on any atom is -0.382 e. The van der Waals surface area contributed by atoms with Crippen LogP contribution in [-0.4, -0.2) is 18.8 Å². The first-order valence-electron chi connectivity index (χ1n) is 5.73. The molecule has 1 fully saturated rings. The number of nitrogens with one attached hydrogen (secondary N) is 1. The minimum absolute atomic E-state index is 0.483. The molecule has 0 aromatic heterocycles. The Morgan fingerprint density at radius 1 is 1.33 bits per heavy atom. The van der Waals surface area contributed by atoms with E-state index in [4.69, 9.17) is 4.74 Å². The van der Waals surface area contributed by atoms with Crippen molar-refractivity contribution in [1.29, 1.82) is 0 Å². The van der Waals surface area contributed by atoms with Gasteiger partial charge in [-0.25, -0.2) is 0 Å². The molecule has 1 aromatic carbocycles. The summed E-state index contributed by atoms with van der Waals surface area (Å²) in [6, 6.07) is 9.03. The van der Waals surface area contributed by atoms with Crippen LogP contribution in [0.4, 0.5) is 5.69 Å². The van der Waals surface area contributed by atoms with E-state index in [-0.39, 0.29) is 0 Å². The second-order valence-corrected chi connectivity index (χ2v) is 4.20. The number of aryl methyl sites for hydroxylation is 1. The Morgan fingerprint density at radius 2 is 2.07 bits per heavy atom.